The maximum absolute atomic E-state index is 12.3. The lowest BCUT2D eigenvalue weighted by molar-refractivity contribution is -0.137. The topological polar surface area (TPSA) is 12.5 Å². The molecule has 1 aromatic carbocycles. The number of fused-ring (bicyclic) bond motifs is 3. The largest absolute Gasteiger partial charge is 0.416 e. The summed E-state index contributed by atoms with van der Waals surface area (Å²) in [5.74, 6) is 0. The van der Waals surface area contributed by atoms with Crippen molar-refractivity contribution < 1.29 is 17.9 Å². The first-order valence-corrected chi connectivity index (χ1v) is 4.41. The van der Waals surface area contributed by atoms with E-state index in [1.807, 2.05) is 0 Å². The van der Waals surface area contributed by atoms with E-state index in [4.69, 9.17) is 4.74 Å². The van der Waals surface area contributed by atoms with Gasteiger partial charge in [-0.2, -0.15) is 13.2 Å². The van der Waals surface area contributed by atoms with Crippen LogP contribution in [0, 0.1) is 0 Å². The average Bonchev–Trinajstić information content (AvgIpc) is 2.76. The zero-order valence-corrected chi connectivity index (χ0v) is 7.14. The van der Waals surface area contributed by atoms with Gasteiger partial charge in [-0.05, 0) is 23.3 Å². The lowest BCUT2D eigenvalue weighted by atomic mass is 10.1. The fraction of sp³-hybridized carbons (Fsp3) is 0.400. The van der Waals surface area contributed by atoms with Gasteiger partial charge in [0.15, 0.2) is 0 Å². The van der Waals surface area contributed by atoms with Crippen molar-refractivity contribution >= 4 is 0 Å². The van der Waals surface area contributed by atoms with Gasteiger partial charge in [0.1, 0.15) is 6.10 Å². The van der Waals surface area contributed by atoms with Gasteiger partial charge in [0, 0.05) is 6.42 Å². The number of hydrogen-bond acceptors (Lipinski definition) is 1. The molecule has 0 aromatic heterocycles. The molecule has 4 heteroatoms. The van der Waals surface area contributed by atoms with Gasteiger partial charge in [-0.15, -0.1) is 0 Å². The number of halogens is 3. The minimum atomic E-state index is -4.23. The molecule has 74 valence electrons. The maximum Gasteiger partial charge on any atom is 0.416 e. The molecule has 1 nitrogen and oxygen atoms in total. The van der Waals surface area contributed by atoms with E-state index >= 15 is 0 Å². The lowest BCUT2D eigenvalue weighted by Gasteiger charge is -2.09. The van der Waals surface area contributed by atoms with Crippen molar-refractivity contribution in [1.29, 1.82) is 0 Å². The molecule has 1 heterocycles. The first kappa shape index (κ1) is 8.29. The number of rotatable bonds is 0. The van der Waals surface area contributed by atoms with Crippen LogP contribution in [0.1, 0.15) is 22.8 Å². The van der Waals surface area contributed by atoms with Crippen LogP contribution in [0.25, 0.3) is 0 Å². The smallest absolute Gasteiger partial charge is 0.364 e. The first-order valence-electron chi connectivity index (χ1n) is 4.41. The molecule has 0 radical (unpaired) electrons. The van der Waals surface area contributed by atoms with Crippen LogP contribution in [-0.4, -0.2) is 6.10 Å². The van der Waals surface area contributed by atoms with Crippen LogP contribution < -0.4 is 0 Å². The third-order valence-corrected chi connectivity index (χ3v) is 2.78. The Labute approximate surface area is 78.5 Å². The van der Waals surface area contributed by atoms with E-state index < -0.39 is 11.7 Å². The summed E-state index contributed by atoms with van der Waals surface area (Å²) >= 11 is 0. The van der Waals surface area contributed by atoms with Crippen molar-refractivity contribution in [2.75, 3.05) is 0 Å². The summed E-state index contributed by atoms with van der Waals surface area (Å²) in [5, 5.41) is 0. The van der Waals surface area contributed by atoms with Crippen LogP contribution in [0.5, 0.6) is 0 Å². The molecule has 0 N–H and O–H groups in total. The molecule has 0 spiro atoms. The molecule has 0 bridgehead atoms. The van der Waals surface area contributed by atoms with Gasteiger partial charge in [-0.3, -0.25) is 0 Å². The Bertz CT molecular complexity index is 397. The van der Waals surface area contributed by atoms with Crippen LogP contribution >= 0.6 is 0 Å². The van der Waals surface area contributed by atoms with Gasteiger partial charge in [-0.1, -0.05) is 6.07 Å². The number of alkyl halides is 3. The summed E-state index contributed by atoms with van der Waals surface area (Å²) < 4.78 is 42.2. The number of epoxide rings is 1. The highest BCUT2D eigenvalue weighted by Gasteiger charge is 2.47. The van der Waals surface area contributed by atoms with Gasteiger partial charge < -0.3 is 4.74 Å². The van der Waals surface area contributed by atoms with E-state index in [0.717, 1.165) is 17.2 Å². The molecule has 1 fully saturated rings. The molecule has 3 rings (SSSR count). The summed E-state index contributed by atoms with van der Waals surface area (Å²) in [4.78, 5) is 0. The van der Waals surface area contributed by atoms with E-state index in [1.54, 1.807) is 0 Å². The van der Waals surface area contributed by atoms with E-state index in [9.17, 15) is 13.2 Å². The van der Waals surface area contributed by atoms with Crippen molar-refractivity contribution in [3.63, 3.8) is 0 Å². The summed E-state index contributed by atoms with van der Waals surface area (Å²) in [6.45, 7) is 0. The van der Waals surface area contributed by atoms with Crippen molar-refractivity contribution in [2.24, 2.45) is 0 Å². The second-order valence-corrected chi connectivity index (χ2v) is 3.71. The van der Waals surface area contributed by atoms with Gasteiger partial charge in [0.05, 0.1) is 11.7 Å². The minimum absolute atomic E-state index is 0.0762. The van der Waals surface area contributed by atoms with E-state index in [2.05, 4.69) is 0 Å². The predicted molar refractivity (Wildman–Crippen MR) is 42.8 cm³/mol. The van der Waals surface area contributed by atoms with E-state index in [1.165, 1.54) is 12.1 Å². The van der Waals surface area contributed by atoms with Gasteiger partial charge in [0.2, 0.25) is 0 Å². The molecule has 0 amide bonds. The predicted octanol–water partition coefficient (Wildman–Crippen LogP) is 2.70. The summed E-state index contributed by atoms with van der Waals surface area (Å²) in [5.41, 5.74) is 1.17. The summed E-state index contributed by atoms with van der Waals surface area (Å²) in [6, 6.07) is 3.91. The minimum Gasteiger partial charge on any atom is -0.364 e. The molecule has 14 heavy (non-hydrogen) atoms. The highest BCUT2D eigenvalue weighted by atomic mass is 19.4. The van der Waals surface area contributed by atoms with Crippen molar-refractivity contribution in [3.05, 3.63) is 34.9 Å². The fourth-order valence-electron chi connectivity index (χ4n) is 2.02. The molecule has 1 saturated heterocycles. The monoisotopic (exact) mass is 200 g/mol. The first-order chi connectivity index (χ1) is 6.55. The van der Waals surface area contributed by atoms with Crippen LogP contribution in [0.3, 0.4) is 0 Å². The average molecular weight is 200 g/mol. The Kier molecular flexibility index (Phi) is 1.37. The molecule has 0 saturated carbocycles. The fourth-order valence-corrected chi connectivity index (χ4v) is 2.02. The molecular formula is C10H7F3O. The Morgan fingerprint density at radius 2 is 2.07 bits per heavy atom. The van der Waals surface area contributed by atoms with Crippen molar-refractivity contribution in [1.82, 2.24) is 0 Å². The summed E-state index contributed by atoms with van der Waals surface area (Å²) in [6.07, 6.45) is -3.38. The highest BCUT2D eigenvalue weighted by molar-refractivity contribution is 5.42. The molecule has 1 aromatic rings. The van der Waals surface area contributed by atoms with Gasteiger partial charge >= 0.3 is 6.18 Å². The SMILES string of the molecule is FC(F)(F)c1ccc2c(c1)C[C@H]1OC21. The molecule has 2 atom stereocenters. The number of hydrogen-bond donors (Lipinski definition) is 0. The van der Waals surface area contributed by atoms with Crippen LogP contribution in [0.15, 0.2) is 18.2 Å². The second-order valence-electron chi connectivity index (χ2n) is 3.71. The molecule has 1 aliphatic heterocycles. The quantitative estimate of drug-likeness (QED) is 0.586. The molecule has 2 aliphatic rings. The van der Waals surface area contributed by atoms with Crippen LogP contribution in [-0.2, 0) is 17.3 Å². The third kappa shape index (κ3) is 1.07. The maximum atomic E-state index is 12.3. The van der Waals surface area contributed by atoms with Crippen LogP contribution in [0.4, 0.5) is 13.2 Å². The Morgan fingerprint density at radius 1 is 1.29 bits per heavy atom. The zero-order chi connectivity index (χ0) is 9.92. The Hall–Kier alpha value is -1.03. The van der Waals surface area contributed by atoms with Crippen LogP contribution in [0.2, 0.25) is 0 Å². The molecular weight excluding hydrogens is 193 g/mol. The Balaban J connectivity index is 2.04. The van der Waals surface area contributed by atoms with Gasteiger partial charge in [-0.25, -0.2) is 0 Å². The number of benzene rings is 1. The van der Waals surface area contributed by atoms with E-state index in [-0.39, 0.29) is 12.2 Å². The normalized spacial score (nSPS) is 28.5. The lowest BCUT2D eigenvalue weighted by Crippen LogP contribution is -2.06. The Morgan fingerprint density at radius 3 is 2.79 bits per heavy atom. The third-order valence-electron chi connectivity index (χ3n) is 2.78. The standard InChI is InChI=1S/C10H7F3O/c11-10(12,13)6-1-2-7-5(3-6)4-8-9(7)14-8/h1-3,8-9H,4H2/t8-,9?/m1/s1. The zero-order valence-electron chi connectivity index (χ0n) is 7.14. The van der Waals surface area contributed by atoms with E-state index in [0.29, 0.717) is 6.42 Å². The van der Waals surface area contributed by atoms with Crippen molar-refractivity contribution in [3.8, 4) is 0 Å². The van der Waals surface area contributed by atoms with Gasteiger partial charge in [0.25, 0.3) is 0 Å². The highest BCUT2D eigenvalue weighted by Crippen LogP contribution is 2.49. The second kappa shape index (κ2) is 2.31. The number of ether oxygens (including phenoxy) is 1. The summed E-state index contributed by atoms with van der Waals surface area (Å²) in [7, 11) is 0. The van der Waals surface area contributed by atoms with Crippen molar-refractivity contribution in [2.45, 2.75) is 24.8 Å². The molecule has 1 aliphatic carbocycles. The molecule has 1 unspecified atom stereocenters.